The van der Waals surface area contributed by atoms with E-state index in [9.17, 15) is 18.0 Å². The molecule has 2 heterocycles. The van der Waals surface area contributed by atoms with Crippen molar-refractivity contribution in [2.75, 3.05) is 19.5 Å². The fraction of sp³-hybridized carbons (Fsp3) is 0.852. The molecule has 0 aromatic rings. The van der Waals surface area contributed by atoms with E-state index >= 15 is 0 Å². The first-order valence-corrected chi connectivity index (χ1v) is 15.1. The zero-order chi connectivity index (χ0) is 25.9. The van der Waals surface area contributed by atoms with E-state index in [0.29, 0.717) is 19.4 Å². The molecule has 202 valence electrons. The zero-order valence-corrected chi connectivity index (χ0v) is 22.9. The summed E-state index contributed by atoms with van der Waals surface area (Å²) in [7, 11) is -1.98. The number of hydrogen-bond donors (Lipinski definition) is 0. The van der Waals surface area contributed by atoms with E-state index in [1.807, 2.05) is 13.8 Å². The molecule has 8 heteroatoms. The minimum absolute atomic E-state index is 0.0319. The number of unbranched alkanes of at least 4 members (excludes halogenated alkanes) is 4. The van der Waals surface area contributed by atoms with Gasteiger partial charge < -0.3 is 14.2 Å². The molecule has 0 aromatic carbocycles. The topological polar surface area (TPSA) is 96.0 Å². The highest BCUT2D eigenvalue weighted by atomic mass is 32.2. The first-order chi connectivity index (χ1) is 16.6. The van der Waals surface area contributed by atoms with Crippen LogP contribution in [0.25, 0.3) is 0 Å². The van der Waals surface area contributed by atoms with Crippen LogP contribution >= 0.6 is 0 Å². The van der Waals surface area contributed by atoms with Gasteiger partial charge in [-0.2, -0.15) is 0 Å². The largest absolute Gasteiger partial charge is 0.469 e. The van der Waals surface area contributed by atoms with Crippen LogP contribution in [0.4, 0.5) is 0 Å². The quantitative estimate of drug-likeness (QED) is 0.169. The number of ether oxygens (including phenoxy) is 3. The molecule has 0 aliphatic carbocycles. The van der Waals surface area contributed by atoms with Gasteiger partial charge >= 0.3 is 5.97 Å². The van der Waals surface area contributed by atoms with E-state index in [0.717, 1.165) is 64.2 Å². The molecule has 0 spiro atoms. The van der Waals surface area contributed by atoms with Crippen LogP contribution in [0.15, 0.2) is 12.2 Å². The third-order valence-electron chi connectivity index (χ3n) is 7.32. The Morgan fingerprint density at radius 3 is 2.49 bits per heavy atom. The fourth-order valence-electron chi connectivity index (χ4n) is 4.94. The molecule has 2 aliphatic heterocycles. The number of hydrogen-bond acceptors (Lipinski definition) is 7. The standard InChI is InChI=1S/C27H46O7S/c1-5-6-18-27(2,3)24(28)17-16-21-22(34-26-15-11-12-19-33-26)20-35(30,31)23(21)13-9-7-8-10-14-25(29)32-4/h16-17,21-23,26H,5-15,18-20H2,1-4H3/b17-16+. The molecule has 0 amide bonds. The highest BCUT2D eigenvalue weighted by Gasteiger charge is 2.47. The molecule has 4 atom stereocenters. The number of esters is 1. The van der Waals surface area contributed by atoms with Gasteiger partial charge in [0.1, 0.15) is 0 Å². The van der Waals surface area contributed by atoms with E-state index in [1.54, 1.807) is 12.2 Å². The van der Waals surface area contributed by atoms with E-state index in [2.05, 4.69) is 11.7 Å². The average Bonchev–Trinajstić information content (AvgIpc) is 3.06. The van der Waals surface area contributed by atoms with Gasteiger partial charge in [0.15, 0.2) is 21.9 Å². The minimum Gasteiger partial charge on any atom is -0.469 e. The molecule has 4 unspecified atom stereocenters. The molecule has 2 aliphatic rings. The summed E-state index contributed by atoms with van der Waals surface area (Å²) in [5, 5.41) is -0.570. The van der Waals surface area contributed by atoms with Crippen LogP contribution in [0.1, 0.15) is 97.8 Å². The number of sulfone groups is 1. The lowest BCUT2D eigenvalue weighted by molar-refractivity contribution is -0.188. The predicted molar refractivity (Wildman–Crippen MR) is 137 cm³/mol. The Balaban J connectivity index is 2.08. The minimum atomic E-state index is -3.36. The molecule has 35 heavy (non-hydrogen) atoms. The van der Waals surface area contributed by atoms with Crippen molar-refractivity contribution in [1.29, 1.82) is 0 Å². The van der Waals surface area contributed by atoms with Crippen LogP contribution in [0, 0.1) is 11.3 Å². The number of carbonyl (C=O) groups is 2. The third kappa shape index (κ3) is 9.62. The van der Waals surface area contributed by atoms with Crippen molar-refractivity contribution in [3.05, 3.63) is 12.2 Å². The lowest BCUT2D eigenvalue weighted by atomic mass is 9.82. The normalized spacial score (nSPS) is 26.7. The van der Waals surface area contributed by atoms with Gasteiger partial charge in [-0.1, -0.05) is 59.0 Å². The summed E-state index contributed by atoms with van der Waals surface area (Å²) in [5.74, 6) is -0.594. The molecule has 2 saturated heterocycles. The first kappa shape index (κ1) is 30.0. The van der Waals surface area contributed by atoms with Crippen LogP contribution < -0.4 is 0 Å². The van der Waals surface area contributed by atoms with Crippen LogP contribution in [-0.2, 0) is 33.6 Å². The van der Waals surface area contributed by atoms with Crippen molar-refractivity contribution in [2.45, 2.75) is 115 Å². The SMILES string of the molecule is CCCCC(C)(C)C(=O)/C=C/C1C(OC2CCCCO2)CS(=O)(=O)C1CCCCCCC(=O)OC. The Bertz CT molecular complexity index is 796. The molecular weight excluding hydrogens is 468 g/mol. The highest BCUT2D eigenvalue weighted by Crippen LogP contribution is 2.36. The Labute approximate surface area is 212 Å². The maximum absolute atomic E-state index is 13.2. The maximum atomic E-state index is 13.2. The van der Waals surface area contributed by atoms with Crippen molar-refractivity contribution in [3.8, 4) is 0 Å². The third-order valence-corrected chi connectivity index (χ3v) is 9.59. The number of allylic oxidation sites excluding steroid dienone is 1. The Kier molecular flexibility index (Phi) is 12.4. The molecule has 0 bridgehead atoms. The van der Waals surface area contributed by atoms with Gasteiger partial charge in [0, 0.05) is 24.4 Å². The van der Waals surface area contributed by atoms with Crippen molar-refractivity contribution in [3.63, 3.8) is 0 Å². The van der Waals surface area contributed by atoms with Crippen LogP contribution in [0.3, 0.4) is 0 Å². The van der Waals surface area contributed by atoms with Crippen molar-refractivity contribution >= 4 is 21.6 Å². The first-order valence-electron chi connectivity index (χ1n) is 13.4. The smallest absolute Gasteiger partial charge is 0.305 e. The van der Waals surface area contributed by atoms with Crippen molar-refractivity contribution in [1.82, 2.24) is 0 Å². The van der Waals surface area contributed by atoms with Gasteiger partial charge in [0.2, 0.25) is 0 Å². The van der Waals surface area contributed by atoms with E-state index in [1.165, 1.54) is 7.11 Å². The second-order valence-corrected chi connectivity index (χ2v) is 12.9. The van der Waals surface area contributed by atoms with E-state index in [4.69, 9.17) is 9.47 Å². The van der Waals surface area contributed by atoms with E-state index < -0.39 is 26.6 Å². The molecule has 2 fully saturated rings. The molecule has 0 saturated carbocycles. The maximum Gasteiger partial charge on any atom is 0.305 e. The highest BCUT2D eigenvalue weighted by molar-refractivity contribution is 7.92. The number of methoxy groups -OCH3 is 1. The summed E-state index contributed by atoms with van der Waals surface area (Å²) >= 11 is 0. The van der Waals surface area contributed by atoms with Gasteiger partial charge in [-0.3, -0.25) is 9.59 Å². The number of rotatable bonds is 15. The lowest BCUT2D eigenvalue weighted by Gasteiger charge is -2.28. The lowest BCUT2D eigenvalue weighted by Crippen LogP contribution is -2.33. The predicted octanol–water partition coefficient (Wildman–Crippen LogP) is 5.17. The second kappa shape index (κ2) is 14.5. The van der Waals surface area contributed by atoms with Gasteiger partial charge in [-0.25, -0.2) is 8.42 Å². The summed E-state index contributed by atoms with van der Waals surface area (Å²) in [5.41, 5.74) is -0.470. The monoisotopic (exact) mass is 514 g/mol. The van der Waals surface area contributed by atoms with Gasteiger partial charge in [-0.05, 0) is 44.6 Å². The molecule has 0 radical (unpaired) electrons. The Morgan fingerprint density at radius 2 is 1.83 bits per heavy atom. The fourth-order valence-corrected chi connectivity index (χ4v) is 7.22. The molecule has 0 N–H and O–H groups in total. The van der Waals surface area contributed by atoms with Gasteiger partial charge in [0.05, 0.1) is 24.2 Å². The van der Waals surface area contributed by atoms with Crippen LogP contribution in [-0.4, -0.2) is 57.3 Å². The molecular formula is C27H46O7S. The number of carbonyl (C=O) groups excluding carboxylic acids is 2. The van der Waals surface area contributed by atoms with Gasteiger partial charge in [-0.15, -0.1) is 0 Å². The van der Waals surface area contributed by atoms with Crippen molar-refractivity contribution < 1.29 is 32.2 Å². The summed E-state index contributed by atoms with van der Waals surface area (Å²) in [6, 6.07) is 0. The second-order valence-electron chi connectivity index (χ2n) is 10.7. The Hall–Kier alpha value is -1.25. The summed E-state index contributed by atoms with van der Waals surface area (Å²) in [4.78, 5) is 24.2. The van der Waals surface area contributed by atoms with Crippen LogP contribution in [0.5, 0.6) is 0 Å². The van der Waals surface area contributed by atoms with E-state index in [-0.39, 0.29) is 29.7 Å². The summed E-state index contributed by atoms with van der Waals surface area (Å²) in [6.45, 7) is 6.64. The number of ketones is 1. The molecule has 7 nitrogen and oxygen atoms in total. The average molecular weight is 515 g/mol. The van der Waals surface area contributed by atoms with Crippen molar-refractivity contribution in [2.24, 2.45) is 11.3 Å². The molecule has 0 aromatic heterocycles. The Morgan fingerprint density at radius 1 is 1.09 bits per heavy atom. The van der Waals surface area contributed by atoms with Crippen LogP contribution in [0.2, 0.25) is 0 Å². The summed E-state index contributed by atoms with van der Waals surface area (Å²) in [6.07, 6.45) is 12.2. The molecule has 2 rings (SSSR count). The summed E-state index contributed by atoms with van der Waals surface area (Å²) < 4.78 is 42.9. The zero-order valence-electron chi connectivity index (χ0n) is 22.1. The van der Waals surface area contributed by atoms with Gasteiger partial charge in [0.25, 0.3) is 0 Å².